The van der Waals surface area contributed by atoms with Crippen molar-refractivity contribution in [3.05, 3.63) is 11.8 Å². The van der Waals surface area contributed by atoms with Gasteiger partial charge in [-0.3, -0.25) is 9.59 Å². The maximum Gasteiger partial charge on any atom is 0.306 e. The molecule has 0 aromatic heterocycles. The molecule has 2 saturated heterocycles. The van der Waals surface area contributed by atoms with E-state index in [0.29, 0.717) is 18.5 Å². The Balaban J connectivity index is 1.92. The van der Waals surface area contributed by atoms with Gasteiger partial charge in [-0.25, -0.2) is 0 Å². The minimum Gasteiger partial charge on any atom is -0.452 e. The molecule has 1 aliphatic carbocycles. The predicted octanol–water partition coefficient (Wildman–Crippen LogP) is -0.776. The number of amides is 1. The number of aliphatic hydroxyl groups excluding tert-OH is 1. The van der Waals surface area contributed by atoms with Crippen molar-refractivity contribution in [3.63, 3.8) is 0 Å². The van der Waals surface area contributed by atoms with Crippen LogP contribution < -0.4 is 5.32 Å². The van der Waals surface area contributed by atoms with Crippen LogP contribution in [0.5, 0.6) is 0 Å². The largest absolute Gasteiger partial charge is 0.452 e. The smallest absolute Gasteiger partial charge is 0.306 e. The Bertz CT molecular complexity index is 432. The molecule has 1 spiro atoms. The van der Waals surface area contributed by atoms with E-state index in [0.717, 1.165) is 0 Å². The van der Waals surface area contributed by atoms with Crippen molar-refractivity contribution in [2.24, 2.45) is 0 Å². The van der Waals surface area contributed by atoms with E-state index >= 15 is 0 Å². The summed E-state index contributed by atoms with van der Waals surface area (Å²) >= 11 is 0. The Hall–Kier alpha value is -1.40. The Morgan fingerprint density at radius 2 is 2.41 bits per heavy atom. The van der Waals surface area contributed by atoms with Gasteiger partial charge in [0.15, 0.2) is 5.60 Å². The van der Waals surface area contributed by atoms with Crippen LogP contribution in [0.3, 0.4) is 0 Å². The van der Waals surface area contributed by atoms with Crippen LogP contribution in [0.4, 0.5) is 0 Å². The van der Waals surface area contributed by atoms with Gasteiger partial charge < -0.3 is 19.9 Å². The third-order valence-electron chi connectivity index (χ3n) is 3.38. The van der Waals surface area contributed by atoms with Crippen molar-refractivity contribution in [3.8, 4) is 0 Å². The molecule has 0 aromatic rings. The van der Waals surface area contributed by atoms with Gasteiger partial charge in [0.25, 0.3) is 0 Å². The van der Waals surface area contributed by atoms with E-state index in [-0.39, 0.29) is 24.1 Å². The topological polar surface area (TPSA) is 88.2 Å². The number of nitrogens with one attached hydrogen (secondary N) is 1. The lowest BCUT2D eigenvalue weighted by Crippen LogP contribution is -2.45. The van der Waals surface area contributed by atoms with Crippen LogP contribution in [-0.2, 0) is 19.1 Å². The molecule has 2 fully saturated rings. The van der Waals surface area contributed by atoms with E-state index in [1.54, 1.807) is 6.08 Å². The standard InChI is InChI=1S/C11H13NO5/c1-5(13)12-6-4-11(3-2-7(14)17-11)10-9(16-10)8(6)15/h4,8-10,15H,2-3H2,1H3,(H,12,13)/t8?,9-,10-,11+/m1/s1. The highest BCUT2D eigenvalue weighted by Gasteiger charge is 2.64. The van der Waals surface area contributed by atoms with Crippen molar-refractivity contribution in [2.75, 3.05) is 0 Å². The summed E-state index contributed by atoms with van der Waals surface area (Å²) in [5, 5.41) is 12.4. The molecule has 1 amide bonds. The number of esters is 1. The summed E-state index contributed by atoms with van der Waals surface area (Å²) in [5.41, 5.74) is -0.426. The van der Waals surface area contributed by atoms with Crippen molar-refractivity contribution >= 4 is 11.9 Å². The normalized spacial score (nSPS) is 42.8. The second-order valence-electron chi connectivity index (χ2n) is 4.68. The van der Waals surface area contributed by atoms with Crippen LogP contribution >= 0.6 is 0 Å². The van der Waals surface area contributed by atoms with Gasteiger partial charge in [0, 0.05) is 25.5 Å². The maximum absolute atomic E-state index is 11.2. The average Bonchev–Trinajstić information content (AvgIpc) is 2.96. The zero-order valence-electron chi connectivity index (χ0n) is 9.30. The van der Waals surface area contributed by atoms with Crippen LogP contribution in [0.15, 0.2) is 11.8 Å². The molecule has 0 saturated carbocycles. The lowest BCUT2D eigenvalue weighted by atomic mass is 9.85. The molecule has 4 atom stereocenters. The van der Waals surface area contributed by atoms with E-state index in [1.165, 1.54) is 6.92 Å². The van der Waals surface area contributed by atoms with E-state index in [1.807, 2.05) is 0 Å². The summed E-state index contributed by atoms with van der Waals surface area (Å²) in [4.78, 5) is 22.3. The molecule has 3 aliphatic rings. The fraction of sp³-hybridized carbons (Fsp3) is 0.636. The lowest BCUT2D eigenvalue weighted by Gasteiger charge is -2.29. The highest BCUT2D eigenvalue weighted by atomic mass is 16.6. The molecule has 0 bridgehead atoms. The average molecular weight is 239 g/mol. The molecule has 3 rings (SSSR count). The summed E-state index contributed by atoms with van der Waals surface area (Å²) < 4.78 is 10.7. The first-order valence-corrected chi connectivity index (χ1v) is 5.57. The van der Waals surface area contributed by atoms with Gasteiger partial charge in [0.2, 0.25) is 5.91 Å². The van der Waals surface area contributed by atoms with E-state index < -0.39 is 11.7 Å². The molecule has 6 heteroatoms. The third kappa shape index (κ3) is 1.56. The monoisotopic (exact) mass is 239 g/mol. The number of rotatable bonds is 1. The zero-order valence-corrected chi connectivity index (χ0v) is 9.30. The molecule has 17 heavy (non-hydrogen) atoms. The maximum atomic E-state index is 11.2. The van der Waals surface area contributed by atoms with E-state index in [4.69, 9.17) is 9.47 Å². The highest BCUT2D eigenvalue weighted by molar-refractivity contribution is 5.76. The first-order chi connectivity index (χ1) is 8.02. The van der Waals surface area contributed by atoms with Crippen molar-refractivity contribution in [2.45, 2.75) is 43.7 Å². The molecular formula is C11H13NO5. The van der Waals surface area contributed by atoms with Crippen LogP contribution in [0.25, 0.3) is 0 Å². The molecule has 1 unspecified atom stereocenters. The second-order valence-corrected chi connectivity index (χ2v) is 4.68. The van der Waals surface area contributed by atoms with Crippen molar-refractivity contribution in [1.82, 2.24) is 5.32 Å². The zero-order chi connectivity index (χ0) is 12.2. The minimum atomic E-state index is -0.853. The first-order valence-electron chi connectivity index (χ1n) is 5.57. The van der Waals surface area contributed by atoms with Gasteiger partial charge >= 0.3 is 5.97 Å². The third-order valence-corrected chi connectivity index (χ3v) is 3.38. The Labute approximate surface area is 97.6 Å². The lowest BCUT2D eigenvalue weighted by molar-refractivity contribution is -0.146. The summed E-state index contributed by atoms with van der Waals surface area (Å²) in [6.07, 6.45) is 0.982. The van der Waals surface area contributed by atoms with Gasteiger partial charge in [-0.05, 0) is 6.08 Å². The van der Waals surface area contributed by atoms with Gasteiger partial charge in [-0.1, -0.05) is 0 Å². The Kier molecular flexibility index (Phi) is 2.08. The Morgan fingerprint density at radius 1 is 1.65 bits per heavy atom. The molecule has 2 aliphatic heterocycles. The van der Waals surface area contributed by atoms with Gasteiger partial charge in [-0.15, -0.1) is 0 Å². The van der Waals surface area contributed by atoms with Crippen molar-refractivity contribution in [1.29, 1.82) is 0 Å². The fourth-order valence-corrected chi connectivity index (χ4v) is 2.59. The molecule has 2 heterocycles. The van der Waals surface area contributed by atoms with Gasteiger partial charge in [0.05, 0.1) is 0 Å². The highest BCUT2D eigenvalue weighted by Crippen LogP contribution is 2.48. The Morgan fingerprint density at radius 3 is 3.00 bits per heavy atom. The number of epoxide rings is 1. The molecular weight excluding hydrogens is 226 g/mol. The number of hydrogen-bond donors (Lipinski definition) is 2. The number of carbonyl (C=O) groups excluding carboxylic acids is 2. The molecule has 6 nitrogen and oxygen atoms in total. The number of fused-ring (bicyclic) bond motifs is 2. The number of carbonyl (C=O) groups is 2. The van der Waals surface area contributed by atoms with Gasteiger partial charge in [0.1, 0.15) is 18.3 Å². The SMILES string of the molecule is CC(=O)NC1=C[C@@]2(CCC(=O)O2)[C@@H]2O[C@@H]2C1O. The van der Waals surface area contributed by atoms with Crippen LogP contribution in [0.2, 0.25) is 0 Å². The van der Waals surface area contributed by atoms with E-state index in [9.17, 15) is 14.7 Å². The number of ether oxygens (including phenoxy) is 2. The number of hydrogen-bond acceptors (Lipinski definition) is 5. The fourth-order valence-electron chi connectivity index (χ4n) is 2.59. The predicted molar refractivity (Wildman–Crippen MR) is 54.6 cm³/mol. The summed E-state index contributed by atoms with van der Waals surface area (Å²) in [6, 6.07) is 0. The number of aliphatic hydroxyl groups is 1. The van der Waals surface area contributed by atoms with Gasteiger partial charge in [-0.2, -0.15) is 0 Å². The summed E-state index contributed by atoms with van der Waals surface area (Å²) in [7, 11) is 0. The second kappa shape index (κ2) is 3.30. The van der Waals surface area contributed by atoms with E-state index in [2.05, 4.69) is 5.32 Å². The molecule has 2 N–H and O–H groups in total. The quantitative estimate of drug-likeness (QED) is 0.463. The summed E-state index contributed by atoms with van der Waals surface area (Å²) in [5.74, 6) is -0.539. The van der Waals surface area contributed by atoms with Crippen LogP contribution in [-0.4, -0.2) is 40.9 Å². The van der Waals surface area contributed by atoms with Crippen LogP contribution in [0, 0.1) is 0 Å². The minimum absolute atomic E-state index is 0.269. The molecule has 0 aromatic carbocycles. The molecule has 0 radical (unpaired) electrons. The van der Waals surface area contributed by atoms with Crippen molar-refractivity contribution < 1.29 is 24.2 Å². The molecule has 92 valence electrons. The summed E-state index contributed by atoms with van der Waals surface area (Å²) in [6.45, 7) is 1.36. The first kappa shape index (κ1) is 10.7. The van der Waals surface area contributed by atoms with Crippen LogP contribution in [0.1, 0.15) is 19.8 Å².